The van der Waals surface area contributed by atoms with Crippen molar-refractivity contribution in [1.82, 2.24) is 9.71 Å². The lowest BCUT2D eigenvalue weighted by Crippen LogP contribution is -2.47. The van der Waals surface area contributed by atoms with Crippen molar-refractivity contribution < 1.29 is 21.6 Å². The lowest BCUT2D eigenvalue weighted by atomic mass is 10.1. The zero-order chi connectivity index (χ0) is 19.5. The first-order valence-electron chi connectivity index (χ1n) is 7.71. The van der Waals surface area contributed by atoms with Crippen LogP contribution in [0.1, 0.15) is 16.7 Å². The largest absolute Gasteiger partial charge is 0.405 e. The van der Waals surface area contributed by atoms with Crippen molar-refractivity contribution in [2.75, 3.05) is 5.75 Å². The van der Waals surface area contributed by atoms with Crippen LogP contribution in [-0.4, -0.2) is 31.4 Å². The molecule has 2 aromatic rings. The van der Waals surface area contributed by atoms with E-state index in [0.29, 0.717) is 16.2 Å². The summed E-state index contributed by atoms with van der Waals surface area (Å²) in [6.07, 6.45) is -3.25. The van der Waals surface area contributed by atoms with Crippen molar-refractivity contribution in [1.29, 1.82) is 0 Å². The van der Waals surface area contributed by atoms with Crippen LogP contribution in [0.25, 0.3) is 0 Å². The molecule has 26 heavy (non-hydrogen) atoms. The van der Waals surface area contributed by atoms with Gasteiger partial charge in [-0.05, 0) is 44.0 Å². The van der Waals surface area contributed by atoms with Crippen LogP contribution in [0, 0.1) is 20.8 Å². The van der Waals surface area contributed by atoms with Crippen LogP contribution in [0.4, 0.5) is 13.2 Å². The Morgan fingerprint density at radius 3 is 2.27 bits per heavy atom. The standard InChI is InChI=1S/C17H19F3N2O2S2/c1-11-8-12(2)16(13(3)9-11)26(23,24)22-14(17(18,19)20)10-25-15-6-4-5-7-21-15/h4-9,14,22H,10H2,1-3H3. The van der Waals surface area contributed by atoms with Gasteiger partial charge in [0.1, 0.15) is 6.04 Å². The summed E-state index contributed by atoms with van der Waals surface area (Å²) < 4.78 is 67.2. The summed E-state index contributed by atoms with van der Waals surface area (Å²) in [6.45, 7) is 4.94. The van der Waals surface area contributed by atoms with Crippen LogP contribution in [0.5, 0.6) is 0 Å². The zero-order valence-electron chi connectivity index (χ0n) is 14.5. The average Bonchev–Trinajstić information content (AvgIpc) is 2.50. The van der Waals surface area contributed by atoms with Crippen LogP contribution in [-0.2, 0) is 10.0 Å². The second kappa shape index (κ2) is 7.98. The summed E-state index contributed by atoms with van der Waals surface area (Å²) in [6, 6.07) is 5.91. The van der Waals surface area contributed by atoms with Gasteiger partial charge in [0.15, 0.2) is 0 Å². The monoisotopic (exact) mass is 404 g/mol. The van der Waals surface area contributed by atoms with Crippen LogP contribution in [0.15, 0.2) is 46.5 Å². The molecule has 1 aromatic carbocycles. The Kier molecular flexibility index (Phi) is 6.36. The third-order valence-corrected chi connectivity index (χ3v) is 6.42. The number of alkyl halides is 3. The van der Waals surface area contributed by atoms with Crippen LogP contribution in [0.3, 0.4) is 0 Å². The number of nitrogens with zero attached hydrogens (tertiary/aromatic N) is 1. The van der Waals surface area contributed by atoms with E-state index < -0.39 is 28.0 Å². The number of rotatable bonds is 6. The summed E-state index contributed by atoms with van der Waals surface area (Å²) in [5.74, 6) is -0.510. The lowest BCUT2D eigenvalue weighted by Gasteiger charge is -2.22. The fraction of sp³-hybridized carbons (Fsp3) is 0.353. The third-order valence-electron chi connectivity index (χ3n) is 3.60. The van der Waals surface area contributed by atoms with E-state index in [2.05, 4.69) is 4.98 Å². The summed E-state index contributed by atoms with van der Waals surface area (Å²) in [5, 5.41) is 0.392. The van der Waals surface area contributed by atoms with Gasteiger partial charge in [0.2, 0.25) is 10.0 Å². The number of hydrogen-bond acceptors (Lipinski definition) is 4. The highest BCUT2D eigenvalue weighted by molar-refractivity contribution is 7.99. The van der Waals surface area contributed by atoms with Gasteiger partial charge in [0.05, 0.1) is 9.92 Å². The van der Waals surface area contributed by atoms with Gasteiger partial charge in [-0.3, -0.25) is 0 Å². The number of pyridine rings is 1. The van der Waals surface area contributed by atoms with Crippen molar-refractivity contribution >= 4 is 21.8 Å². The maximum Gasteiger partial charge on any atom is 0.405 e. The maximum atomic E-state index is 13.4. The number of hydrogen-bond donors (Lipinski definition) is 1. The van der Waals surface area contributed by atoms with E-state index in [0.717, 1.165) is 17.3 Å². The number of halogens is 3. The molecule has 1 unspecified atom stereocenters. The molecule has 0 aliphatic heterocycles. The van der Waals surface area contributed by atoms with Gasteiger partial charge in [-0.2, -0.15) is 17.9 Å². The molecule has 4 nitrogen and oxygen atoms in total. The van der Waals surface area contributed by atoms with Crippen molar-refractivity contribution in [3.8, 4) is 0 Å². The Morgan fingerprint density at radius 1 is 1.15 bits per heavy atom. The van der Waals surface area contributed by atoms with Gasteiger partial charge in [0.25, 0.3) is 0 Å². The molecule has 0 aliphatic rings. The Morgan fingerprint density at radius 2 is 1.77 bits per heavy atom. The van der Waals surface area contributed by atoms with Crippen LogP contribution < -0.4 is 4.72 Å². The SMILES string of the molecule is Cc1cc(C)c(S(=O)(=O)NC(CSc2ccccn2)C(F)(F)F)c(C)c1. The maximum absolute atomic E-state index is 13.4. The molecule has 0 spiro atoms. The highest BCUT2D eigenvalue weighted by Gasteiger charge is 2.42. The van der Waals surface area contributed by atoms with E-state index in [9.17, 15) is 21.6 Å². The summed E-state index contributed by atoms with van der Waals surface area (Å²) >= 11 is 0.844. The number of sulfonamides is 1. The predicted octanol–water partition coefficient (Wildman–Crippen LogP) is 4.01. The zero-order valence-corrected chi connectivity index (χ0v) is 16.1. The van der Waals surface area contributed by atoms with Crippen molar-refractivity contribution in [3.05, 3.63) is 53.2 Å². The second-order valence-corrected chi connectivity index (χ2v) is 8.61. The molecular weight excluding hydrogens is 385 g/mol. The second-order valence-electron chi connectivity index (χ2n) is 5.92. The molecule has 0 saturated heterocycles. The van der Waals surface area contributed by atoms with E-state index in [1.165, 1.54) is 6.20 Å². The minimum Gasteiger partial charge on any atom is -0.250 e. The first-order chi connectivity index (χ1) is 12.0. The predicted molar refractivity (Wildman–Crippen MR) is 95.8 cm³/mol. The number of benzene rings is 1. The Labute approximate surface area is 155 Å². The fourth-order valence-electron chi connectivity index (χ4n) is 2.63. The first-order valence-corrected chi connectivity index (χ1v) is 10.2. The average molecular weight is 404 g/mol. The first kappa shape index (κ1) is 20.7. The lowest BCUT2D eigenvalue weighted by molar-refractivity contribution is -0.145. The quantitative estimate of drug-likeness (QED) is 0.739. The van der Waals surface area contributed by atoms with Gasteiger partial charge >= 0.3 is 6.18 Å². The highest BCUT2D eigenvalue weighted by atomic mass is 32.2. The highest BCUT2D eigenvalue weighted by Crippen LogP contribution is 2.29. The van der Waals surface area contributed by atoms with Gasteiger partial charge in [-0.15, -0.1) is 11.8 Å². The molecule has 1 heterocycles. The molecule has 0 amide bonds. The Hall–Kier alpha value is -1.58. The molecule has 0 bridgehead atoms. The van der Waals surface area contributed by atoms with E-state index in [1.54, 1.807) is 51.1 Å². The van der Waals surface area contributed by atoms with Gasteiger partial charge in [0, 0.05) is 11.9 Å². The van der Waals surface area contributed by atoms with E-state index in [1.807, 2.05) is 4.72 Å². The summed E-state index contributed by atoms with van der Waals surface area (Å²) in [7, 11) is -4.33. The molecular formula is C17H19F3N2O2S2. The topological polar surface area (TPSA) is 59.1 Å². The van der Waals surface area contributed by atoms with E-state index >= 15 is 0 Å². The number of nitrogens with one attached hydrogen (secondary N) is 1. The third kappa shape index (κ3) is 5.21. The molecule has 2 rings (SSSR count). The van der Waals surface area contributed by atoms with Crippen molar-refractivity contribution in [2.45, 2.75) is 42.9 Å². The summed E-state index contributed by atoms with van der Waals surface area (Å²) in [4.78, 5) is 3.83. The van der Waals surface area contributed by atoms with Gasteiger partial charge in [-0.1, -0.05) is 23.8 Å². The summed E-state index contributed by atoms with van der Waals surface area (Å²) in [5.41, 5.74) is 1.67. The molecule has 1 aromatic heterocycles. The molecule has 9 heteroatoms. The normalized spacial score (nSPS) is 13.6. The minimum atomic E-state index is -4.72. The van der Waals surface area contributed by atoms with E-state index in [4.69, 9.17) is 0 Å². The molecule has 142 valence electrons. The molecule has 1 N–H and O–H groups in total. The van der Waals surface area contributed by atoms with Gasteiger partial charge < -0.3 is 0 Å². The van der Waals surface area contributed by atoms with Crippen LogP contribution >= 0.6 is 11.8 Å². The van der Waals surface area contributed by atoms with E-state index in [-0.39, 0.29) is 4.90 Å². The van der Waals surface area contributed by atoms with Gasteiger partial charge in [-0.25, -0.2) is 13.4 Å². The molecule has 1 atom stereocenters. The number of thioether (sulfide) groups is 1. The van der Waals surface area contributed by atoms with Crippen LogP contribution in [0.2, 0.25) is 0 Å². The number of aryl methyl sites for hydroxylation is 3. The van der Waals surface area contributed by atoms with Crippen molar-refractivity contribution in [3.63, 3.8) is 0 Å². The van der Waals surface area contributed by atoms with Crippen molar-refractivity contribution in [2.24, 2.45) is 0 Å². The molecule has 0 fully saturated rings. The Bertz CT molecular complexity index is 846. The Balaban J connectivity index is 2.27. The molecule has 0 radical (unpaired) electrons. The molecule has 0 saturated carbocycles. The molecule has 0 aliphatic carbocycles. The number of aromatic nitrogens is 1. The minimum absolute atomic E-state index is 0.111. The smallest absolute Gasteiger partial charge is 0.250 e. The fourth-order valence-corrected chi connectivity index (χ4v) is 5.33.